The number of aromatic nitrogens is 1. The van der Waals surface area contributed by atoms with E-state index in [9.17, 15) is 17.6 Å². The van der Waals surface area contributed by atoms with Gasteiger partial charge in [-0.2, -0.15) is 13.2 Å². The number of nitrogens with zero attached hydrogens (tertiary/aromatic N) is 1. The third-order valence-electron chi connectivity index (χ3n) is 3.21. The first kappa shape index (κ1) is 15.9. The van der Waals surface area contributed by atoms with Gasteiger partial charge in [-0.15, -0.1) is 11.3 Å². The van der Waals surface area contributed by atoms with Gasteiger partial charge in [0, 0.05) is 4.88 Å². The molecule has 0 saturated heterocycles. The first-order valence-corrected chi connectivity index (χ1v) is 7.03. The fraction of sp³-hybridized carbons (Fsp3) is 0.357. The third-order valence-corrected chi connectivity index (χ3v) is 4.35. The molecule has 0 aliphatic rings. The Labute approximate surface area is 123 Å². The smallest absolute Gasteiger partial charge is 0.307 e. The number of aryl methyl sites for hydroxylation is 2. The number of thiazole rings is 1. The van der Waals surface area contributed by atoms with Crippen LogP contribution in [0.2, 0.25) is 0 Å². The summed E-state index contributed by atoms with van der Waals surface area (Å²) in [5.74, 6) is -0.910. The molecule has 2 aromatic rings. The van der Waals surface area contributed by atoms with Crippen molar-refractivity contribution in [3.8, 4) is 0 Å². The van der Waals surface area contributed by atoms with Crippen molar-refractivity contribution in [3.05, 3.63) is 50.7 Å². The molecule has 0 saturated carbocycles. The molecule has 1 aromatic carbocycles. The lowest BCUT2D eigenvalue weighted by molar-refractivity contribution is -0.138. The molecule has 0 fully saturated rings. The number of rotatable bonds is 3. The monoisotopic (exact) mass is 318 g/mol. The van der Waals surface area contributed by atoms with E-state index in [1.165, 1.54) is 11.3 Å². The maximum absolute atomic E-state index is 13.2. The van der Waals surface area contributed by atoms with Crippen molar-refractivity contribution in [2.45, 2.75) is 26.1 Å². The number of hydrogen-bond donors (Lipinski definition) is 1. The number of alkyl halides is 3. The molecule has 1 aromatic heterocycles. The molecule has 0 aliphatic heterocycles. The Bertz CT molecular complexity index is 629. The molecule has 1 heterocycles. The molecule has 2 nitrogen and oxygen atoms in total. The highest BCUT2D eigenvalue weighted by Crippen LogP contribution is 2.38. The van der Waals surface area contributed by atoms with E-state index in [0.717, 1.165) is 22.7 Å². The topological polar surface area (TPSA) is 24.9 Å². The van der Waals surface area contributed by atoms with Gasteiger partial charge in [0.15, 0.2) is 0 Å². The van der Waals surface area contributed by atoms with Gasteiger partial charge in [0.1, 0.15) is 10.8 Å². The van der Waals surface area contributed by atoms with E-state index in [1.807, 2.05) is 6.92 Å². The van der Waals surface area contributed by atoms with Gasteiger partial charge in [-0.1, -0.05) is 6.07 Å². The van der Waals surface area contributed by atoms with E-state index in [2.05, 4.69) is 10.3 Å². The van der Waals surface area contributed by atoms with Crippen LogP contribution in [0.3, 0.4) is 0 Å². The zero-order chi connectivity index (χ0) is 15.8. The van der Waals surface area contributed by atoms with E-state index >= 15 is 0 Å². The Hall–Kier alpha value is -1.47. The van der Waals surface area contributed by atoms with E-state index < -0.39 is 23.6 Å². The van der Waals surface area contributed by atoms with Crippen LogP contribution in [0.25, 0.3) is 0 Å². The van der Waals surface area contributed by atoms with Crippen molar-refractivity contribution in [1.82, 2.24) is 10.3 Å². The predicted octanol–water partition coefficient (Wildman–Crippen LogP) is 4.23. The van der Waals surface area contributed by atoms with Crippen molar-refractivity contribution in [2.75, 3.05) is 7.05 Å². The number of nitrogens with one attached hydrogen (secondary N) is 1. The third kappa shape index (κ3) is 3.24. The maximum atomic E-state index is 13.2. The van der Waals surface area contributed by atoms with E-state index in [0.29, 0.717) is 11.1 Å². The fourth-order valence-corrected chi connectivity index (χ4v) is 3.11. The zero-order valence-electron chi connectivity index (χ0n) is 11.7. The largest absolute Gasteiger partial charge is 0.416 e. The molecule has 7 heteroatoms. The average Bonchev–Trinajstić information content (AvgIpc) is 2.71. The molecule has 1 atom stereocenters. The normalized spacial score (nSPS) is 13.5. The van der Waals surface area contributed by atoms with Crippen LogP contribution in [-0.2, 0) is 6.18 Å². The van der Waals surface area contributed by atoms with Gasteiger partial charge in [-0.3, -0.25) is 0 Å². The van der Waals surface area contributed by atoms with Crippen LogP contribution >= 0.6 is 11.3 Å². The highest BCUT2D eigenvalue weighted by Gasteiger charge is 2.36. The second kappa shape index (κ2) is 5.73. The van der Waals surface area contributed by atoms with Gasteiger partial charge in [-0.25, -0.2) is 9.37 Å². The molecule has 0 spiro atoms. The summed E-state index contributed by atoms with van der Waals surface area (Å²) in [6.07, 6.45) is -4.62. The highest BCUT2D eigenvalue weighted by atomic mass is 32.1. The fourth-order valence-electron chi connectivity index (χ4n) is 2.06. The molecule has 114 valence electrons. The number of hydrogen-bond acceptors (Lipinski definition) is 3. The lowest BCUT2D eigenvalue weighted by Crippen LogP contribution is -2.22. The van der Waals surface area contributed by atoms with E-state index in [1.54, 1.807) is 14.0 Å². The minimum absolute atomic E-state index is 0.0276. The molecule has 1 N–H and O–H groups in total. The van der Waals surface area contributed by atoms with Crippen LogP contribution in [0, 0.1) is 19.7 Å². The lowest BCUT2D eigenvalue weighted by Gasteiger charge is -2.19. The zero-order valence-corrected chi connectivity index (χ0v) is 12.5. The minimum atomic E-state index is -4.62. The van der Waals surface area contributed by atoms with Gasteiger partial charge in [-0.05, 0) is 38.6 Å². The first-order chi connectivity index (χ1) is 9.74. The Kier molecular flexibility index (Phi) is 4.34. The summed E-state index contributed by atoms with van der Waals surface area (Å²) in [5.41, 5.74) is -0.224. The molecule has 0 radical (unpaired) electrons. The van der Waals surface area contributed by atoms with Crippen LogP contribution in [-0.4, -0.2) is 12.0 Å². The van der Waals surface area contributed by atoms with Crippen LogP contribution in [0.4, 0.5) is 17.6 Å². The summed E-state index contributed by atoms with van der Waals surface area (Å²) in [5, 5.41) is 3.36. The minimum Gasteiger partial charge on any atom is -0.307 e. The molecule has 0 amide bonds. The number of halogens is 4. The summed E-state index contributed by atoms with van der Waals surface area (Å²) in [4.78, 5) is 5.24. The van der Waals surface area contributed by atoms with Crippen molar-refractivity contribution >= 4 is 11.3 Å². The second-order valence-corrected chi connectivity index (χ2v) is 5.88. The van der Waals surface area contributed by atoms with Crippen molar-refractivity contribution < 1.29 is 17.6 Å². The van der Waals surface area contributed by atoms with Crippen molar-refractivity contribution in [2.24, 2.45) is 0 Å². The Morgan fingerprint density at radius 2 is 1.90 bits per heavy atom. The molecular weight excluding hydrogens is 304 g/mol. The Balaban J connectivity index is 2.57. The Morgan fingerprint density at radius 3 is 2.38 bits per heavy atom. The molecule has 21 heavy (non-hydrogen) atoms. The summed E-state index contributed by atoms with van der Waals surface area (Å²) < 4.78 is 52.5. The van der Waals surface area contributed by atoms with Gasteiger partial charge in [0.05, 0.1) is 17.3 Å². The molecule has 2 rings (SSSR count). The van der Waals surface area contributed by atoms with Gasteiger partial charge in [0.25, 0.3) is 0 Å². The summed E-state index contributed by atoms with van der Waals surface area (Å²) in [6.45, 7) is 3.66. The average molecular weight is 318 g/mol. The van der Waals surface area contributed by atoms with Gasteiger partial charge < -0.3 is 5.32 Å². The van der Waals surface area contributed by atoms with Crippen LogP contribution in [0.5, 0.6) is 0 Å². The van der Waals surface area contributed by atoms with E-state index in [-0.39, 0.29) is 5.56 Å². The summed E-state index contributed by atoms with van der Waals surface area (Å²) >= 11 is 1.33. The maximum Gasteiger partial charge on any atom is 0.416 e. The Morgan fingerprint density at radius 1 is 1.24 bits per heavy atom. The lowest BCUT2D eigenvalue weighted by atomic mass is 10.00. The van der Waals surface area contributed by atoms with Crippen LogP contribution < -0.4 is 5.32 Å². The highest BCUT2D eigenvalue weighted by molar-refractivity contribution is 7.11. The molecule has 1 unspecified atom stereocenters. The van der Waals surface area contributed by atoms with Crippen molar-refractivity contribution in [1.29, 1.82) is 0 Å². The predicted molar refractivity (Wildman–Crippen MR) is 73.9 cm³/mol. The van der Waals surface area contributed by atoms with Crippen LogP contribution in [0.15, 0.2) is 18.2 Å². The summed E-state index contributed by atoms with van der Waals surface area (Å²) in [7, 11) is 1.56. The van der Waals surface area contributed by atoms with Gasteiger partial charge >= 0.3 is 6.18 Å². The SMILES string of the molecule is CNC(c1nc(C)c(C)s1)c1ccc(F)cc1C(F)(F)F. The molecule has 0 bridgehead atoms. The first-order valence-electron chi connectivity index (χ1n) is 6.22. The summed E-state index contributed by atoms with van der Waals surface area (Å²) in [6, 6.07) is 1.99. The van der Waals surface area contributed by atoms with Crippen LogP contribution in [0.1, 0.15) is 32.7 Å². The second-order valence-electron chi connectivity index (χ2n) is 4.64. The van der Waals surface area contributed by atoms with Gasteiger partial charge in [0.2, 0.25) is 0 Å². The standard InChI is InChI=1S/C14H14F4N2S/c1-7-8(2)21-13(20-7)12(19-3)10-5-4-9(15)6-11(10)14(16,17)18/h4-6,12,19H,1-3H3. The molecule has 0 aliphatic carbocycles. The molecular formula is C14H14F4N2S. The van der Waals surface area contributed by atoms with Crippen molar-refractivity contribution in [3.63, 3.8) is 0 Å². The van der Waals surface area contributed by atoms with E-state index in [4.69, 9.17) is 0 Å². The quantitative estimate of drug-likeness (QED) is 0.857. The number of benzene rings is 1.